The lowest BCUT2D eigenvalue weighted by molar-refractivity contribution is 0.0959. The van der Waals surface area contributed by atoms with E-state index in [1.54, 1.807) is 28.9 Å². The lowest BCUT2D eigenvalue weighted by atomic mass is 9.90. The smallest absolute Gasteiger partial charge is 0.266 e. The summed E-state index contributed by atoms with van der Waals surface area (Å²) < 4.78 is 0. The Morgan fingerprint density at radius 1 is 1.52 bits per heavy atom. The number of nitrogens with one attached hydrogen (secondary N) is 1. The maximum absolute atomic E-state index is 12.1. The van der Waals surface area contributed by atoms with Crippen LogP contribution in [0.4, 0.5) is 0 Å². The molecular formula is C16H18N2OS2. The minimum atomic E-state index is -0.104. The lowest BCUT2D eigenvalue weighted by Gasteiger charge is -2.16. The van der Waals surface area contributed by atoms with Gasteiger partial charge in [-0.1, -0.05) is 6.92 Å². The molecule has 0 saturated carbocycles. The zero-order chi connectivity index (χ0) is 14.8. The van der Waals surface area contributed by atoms with Gasteiger partial charge in [0.1, 0.15) is 0 Å². The summed E-state index contributed by atoms with van der Waals surface area (Å²) in [5.41, 5.74) is 5.16. The van der Waals surface area contributed by atoms with Crippen LogP contribution < -0.4 is 5.43 Å². The van der Waals surface area contributed by atoms with Gasteiger partial charge in [0.15, 0.2) is 0 Å². The van der Waals surface area contributed by atoms with E-state index in [1.807, 2.05) is 24.4 Å². The van der Waals surface area contributed by atoms with Gasteiger partial charge in [0, 0.05) is 9.75 Å². The van der Waals surface area contributed by atoms with Gasteiger partial charge < -0.3 is 0 Å². The van der Waals surface area contributed by atoms with Crippen LogP contribution in [0.1, 0.15) is 43.9 Å². The van der Waals surface area contributed by atoms with E-state index in [2.05, 4.69) is 17.5 Å². The van der Waals surface area contributed by atoms with Crippen molar-refractivity contribution >= 4 is 34.8 Å². The number of rotatable bonds is 3. The number of fused-ring (bicyclic) bond motifs is 1. The van der Waals surface area contributed by atoms with E-state index in [4.69, 9.17) is 0 Å². The third kappa shape index (κ3) is 3.24. The number of nitrogens with zero attached hydrogens (tertiary/aromatic N) is 1. The van der Waals surface area contributed by atoms with Gasteiger partial charge in [0.25, 0.3) is 5.91 Å². The van der Waals surface area contributed by atoms with Crippen molar-refractivity contribution in [2.75, 3.05) is 0 Å². The summed E-state index contributed by atoms with van der Waals surface area (Å²) in [4.78, 5) is 15.4. The normalized spacial score (nSPS) is 17.9. The molecule has 2 aromatic rings. The van der Waals surface area contributed by atoms with Gasteiger partial charge in [-0.3, -0.25) is 4.79 Å². The van der Waals surface area contributed by atoms with Crippen molar-refractivity contribution in [3.8, 4) is 0 Å². The van der Waals surface area contributed by atoms with Crippen LogP contribution in [0.5, 0.6) is 0 Å². The van der Waals surface area contributed by atoms with E-state index in [1.165, 1.54) is 22.4 Å². The minimum Gasteiger partial charge on any atom is -0.266 e. The molecule has 1 aliphatic rings. The van der Waals surface area contributed by atoms with Gasteiger partial charge >= 0.3 is 0 Å². The monoisotopic (exact) mass is 318 g/mol. The van der Waals surface area contributed by atoms with Crippen LogP contribution in [0.2, 0.25) is 0 Å². The second kappa shape index (κ2) is 6.12. The Bertz CT molecular complexity index is 684. The van der Waals surface area contributed by atoms with Crippen molar-refractivity contribution in [3.63, 3.8) is 0 Å². The Morgan fingerprint density at radius 2 is 2.38 bits per heavy atom. The number of carbonyl (C=O) groups is 1. The zero-order valence-corrected chi connectivity index (χ0v) is 13.8. The summed E-state index contributed by atoms with van der Waals surface area (Å²) in [5, 5.41) is 6.09. The molecule has 0 spiro atoms. The molecule has 3 nitrogen and oxygen atoms in total. The van der Waals surface area contributed by atoms with Crippen molar-refractivity contribution < 1.29 is 4.79 Å². The second-order valence-corrected chi connectivity index (χ2v) is 7.66. The molecule has 0 aromatic carbocycles. The van der Waals surface area contributed by atoms with E-state index in [9.17, 15) is 4.79 Å². The zero-order valence-electron chi connectivity index (χ0n) is 12.2. The molecule has 1 aliphatic carbocycles. The summed E-state index contributed by atoms with van der Waals surface area (Å²) >= 11 is 3.23. The summed E-state index contributed by atoms with van der Waals surface area (Å²) in [6, 6.07) is 4.08. The van der Waals surface area contributed by atoms with Crippen molar-refractivity contribution in [3.05, 3.63) is 43.3 Å². The molecular weight excluding hydrogens is 300 g/mol. The topological polar surface area (TPSA) is 41.5 Å². The first kappa shape index (κ1) is 14.5. The highest BCUT2D eigenvalue weighted by molar-refractivity contribution is 7.14. The average molecular weight is 318 g/mol. The fourth-order valence-corrected chi connectivity index (χ4v) is 4.42. The Kier molecular flexibility index (Phi) is 4.22. The quantitative estimate of drug-likeness (QED) is 0.674. The van der Waals surface area contributed by atoms with Crippen LogP contribution >= 0.6 is 22.7 Å². The van der Waals surface area contributed by atoms with Crippen LogP contribution in [0.3, 0.4) is 0 Å². The summed E-state index contributed by atoms with van der Waals surface area (Å²) in [5.74, 6) is 0.621. The first-order valence-electron chi connectivity index (χ1n) is 7.12. The second-order valence-electron chi connectivity index (χ2n) is 5.57. The van der Waals surface area contributed by atoms with Crippen LogP contribution in [-0.2, 0) is 12.8 Å². The van der Waals surface area contributed by atoms with Crippen molar-refractivity contribution in [2.45, 2.75) is 33.1 Å². The molecule has 2 heterocycles. The highest BCUT2D eigenvalue weighted by Gasteiger charge is 2.20. The molecule has 110 valence electrons. The lowest BCUT2D eigenvalue weighted by Crippen LogP contribution is -2.16. The molecule has 1 N–H and O–H groups in total. The van der Waals surface area contributed by atoms with E-state index in [0.717, 1.165) is 28.5 Å². The number of hydrazone groups is 1. The van der Waals surface area contributed by atoms with Crippen LogP contribution in [-0.4, -0.2) is 12.1 Å². The van der Waals surface area contributed by atoms with Crippen LogP contribution in [0.25, 0.3) is 0 Å². The standard InChI is InChI=1S/C16H18N2OS2/c1-10-3-4-13-12(7-10)8-14(21-13)16(19)18-17-9-15-11(2)5-6-20-15/h5-6,8-10H,3-4,7H2,1-2H3,(H,18,19)/b17-9-/t10-/m0/s1. The molecule has 1 amide bonds. The third-order valence-corrected chi connectivity index (χ3v) is 5.99. The molecule has 3 rings (SSSR count). The predicted octanol–water partition coefficient (Wildman–Crippen LogP) is 4.01. The molecule has 0 radical (unpaired) electrons. The largest absolute Gasteiger partial charge is 0.281 e. The molecule has 0 fully saturated rings. The fraction of sp³-hybridized carbons (Fsp3) is 0.375. The number of aryl methyl sites for hydroxylation is 2. The Labute approximate surface area is 132 Å². The summed E-state index contributed by atoms with van der Waals surface area (Å²) in [7, 11) is 0. The van der Waals surface area contributed by atoms with Gasteiger partial charge in [0.2, 0.25) is 0 Å². The Balaban J connectivity index is 1.66. The Morgan fingerprint density at radius 3 is 3.14 bits per heavy atom. The van der Waals surface area contributed by atoms with Crippen molar-refractivity contribution in [2.24, 2.45) is 11.0 Å². The number of hydrogen-bond acceptors (Lipinski definition) is 4. The number of thiophene rings is 2. The molecule has 0 aliphatic heterocycles. The fourth-order valence-electron chi connectivity index (χ4n) is 2.54. The van der Waals surface area contributed by atoms with Gasteiger partial charge in [-0.05, 0) is 60.7 Å². The van der Waals surface area contributed by atoms with Crippen molar-refractivity contribution in [1.82, 2.24) is 5.43 Å². The first-order valence-corrected chi connectivity index (χ1v) is 8.82. The predicted molar refractivity (Wildman–Crippen MR) is 89.6 cm³/mol. The SMILES string of the molecule is Cc1ccsc1/C=N\NC(=O)c1cc2c(s1)CC[C@H](C)C2. The van der Waals surface area contributed by atoms with Gasteiger partial charge in [-0.2, -0.15) is 5.10 Å². The Hall–Kier alpha value is -1.46. The van der Waals surface area contributed by atoms with Gasteiger partial charge in [-0.15, -0.1) is 22.7 Å². The van der Waals surface area contributed by atoms with E-state index in [0.29, 0.717) is 0 Å². The van der Waals surface area contributed by atoms with Crippen molar-refractivity contribution in [1.29, 1.82) is 0 Å². The summed E-state index contributed by atoms with van der Waals surface area (Å²) in [6.45, 7) is 4.31. The molecule has 0 unspecified atom stereocenters. The highest BCUT2D eigenvalue weighted by atomic mass is 32.1. The molecule has 5 heteroatoms. The van der Waals surface area contributed by atoms with E-state index >= 15 is 0 Å². The maximum atomic E-state index is 12.1. The van der Waals surface area contributed by atoms with Gasteiger partial charge in [-0.25, -0.2) is 5.43 Å². The van der Waals surface area contributed by atoms with Crippen LogP contribution in [0.15, 0.2) is 22.6 Å². The van der Waals surface area contributed by atoms with Gasteiger partial charge in [0.05, 0.1) is 11.1 Å². The molecule has 2 aromatic heterocycles. The molecule has 0 saturated heterocycles. The van der Waals surface area contributed by atoms with E-state index in [-0.39, 0.29) is 5.91 Å². The molecule has 0 bridgehead atoms. The molecule has 1 atom stereocenters. The minimum absolute atomic E-state index is 0.104. The number of hydrogen-bond donors (Lipinski definition) is 1. The molecule has 21 heavy (non-hydrogen) atoms. The number of carbonyl (C=O) groups excluding carboxylic acids is 1. The third-order valence-electron chi connectivity index (χ3n) is 3.80. The summed E-state index contributed by atoms with van der Waals surface area (Å²) in [6.07, 6.45) is 5.14. The van der Waals surface area contributed by atoms with Crippen LogP contribution in [0, 0.1) is 12.8 Å². The van der Waals surface area contributed by atoms with E-state index < -0.39 is 0 Å². The first-order chi connectivity index (χ1) is 10.1. The highest BCUT2D eigenvalue weighted by Crippen LogP contribution is 2.32. The average Bonchev–Trinajstić information content (AvgIpc) is 3.05. The maximum Gasteiger partial charge on any atom is 0.281 e. The number of amides is 1.